The number of allylic oxidation sites excluding steroid dienone is 1. The van der Waals surface area contributed by atoms with E-state index in [4.69, 9.17) is 10.5 Å². The van der Waals surface area contributed by atoms with Crippen LogP contribution in [0.1, 0.15) is 48.7 Å². The molecule has 0 spiro atoms. The molecule has 0 heterocycles. The van der Waals surface area contributed by atoms with E-state index >= 15 is 0 Å². The van der Waals surface area contributed by atoms with E-state index in [1.807, 2.05) is 6.07 Å². The van der Waals surface area contributed by atoms with Gasteiger partial charge in [0.1, 0.15) is 11.5 Å². The Labute approximate surface area is 148 Å². The highest BCUT2D eigenvalue weighted by Crippen LogP contribution is 2.38. The fraction of sp³-hybridized carbons (Fsp3) is 0.286. The lowest BCUT2D eigenvalue weighted by Crippen LogP contribution is -2.16. The number of carbonyl (C=O) groups is 1. The van der Waals surface area contributed by atoms with Gasteiger partial charge in [-0.25, -0.2) is 0 Å². The summed E-state index contributed by atoms with van der Waals surface area (Å²) in [6.07, 6.45) is 4.09. The Morgan fingerprint density at radius 2 is 1.88 bits per heavy atom. The van der Waals surface area contributed by atoms with Gasteiger partial charge in [-0.3, -0.25) is 4.79 Å². The van der Waals surface area contributed by atoms with Crippen molar-refractivity contribution >= 4 is 17.5 Å². The first-order valence-electron chi connectivity index (χ1n) is 8.28. The SMILES string of the molecule is CCC(C)(C)c1cc(/C=C/C(=O)c2ccc(N)cc2)c(OC)cc1O. The minimum atomic E-state index is -0.181. The first-order chi connectivity index (χ1) is 11.8. The number of hydrogen-bond donors (Lipinski definition) is 2. The monoisotopic (exact) mass is 339 g/mol. The second kappa shape index (κ2) is 7.43. The Balaban J connectivity index is 2.38. The largest absolute Gasteiger partial charge is 0.508 e. The zero-order valence-electron chi connectivity index (χ0n) is 15.2. The fourth-order valence-electron chi connectivity index (χ4n) is 2.53. The standard InChI is InChI=1S/C21H25NO3/c1-5-21(2,3)17-12-15(20(25-4)13-19(17)24)8-11-18(23)14-6-9-16(22)10-7-14/h6-13,24H,5,22H2,1-4H3/b11-8+. The summed E-state index contributed by atoms with van der Waals surface area (Å²) in [6, 6.07) is 10.3. The third-order valence-electron chi connectivity index (χ3n) is 4.57. The van der Waals surface area contributed by atoms with E-state index in [9.17, 15) is 9.90 Å². The summed E-state index contributed by atoms with van der Waals surface area (Å²) in [4.78, 5) is 12.3. The molecule has 0 unspecified atom stereocenters. The van der Waals surface area contributed by atoms with Crippen molar-refractivity contribution < 1.29 is 14.6 Å². The van der Waals surface area contributed by atoms with Gasteiger partial charge in [0.15, 0.2) is 5.78 Å². The highest BCUT2D eigenvalue weighted by atomic mass is 16.5. The molecule has 0 bridgehead atoms. The molecule has 0 atom stereocenters. The molecule has 0 radical (unpaired) electrons. The number of rotatable bonds is 6. The maximum atomic E-state index is 12.3. The number of nitrogen functional groups attached to an aromatic ring is 1. The summed E-state index contributed by atoms with van der Waals surface area (Å²) < 4.78 is 5.34. The van der Waals surface area contributed by atoms with Crippen LogP contribution in [0.2, 0.25) is 0 Å². The predicted octanol–water partition coefficient (Wildman–Crippen LogP) is 4.57. The summed E-state index contributed by atoms with van der Waals surface area (Å²) in [6.45, 7) is 6.22. The molecule has 2 aromatic rings. The summed E-state index contributed by atoms with van der Waals surface area (Å²) >= 11 is 0. The van der Waals surface area contributed by atoms with Gasteiger partial charge in [0, 0.05) is 28.4 Å². The van der Waals surface area contributed by atoms with Crippen molar-refractivity contribution in [3.63, 3.8) is 0 Å². The number of aromatic hydroxyl groups is 1. The van der Waals surface area contributed by atoms with Gasteiger partial charge in [-0.2, -0.15) is 0 Å². The second-order valence-electron chi connectivity index (χ2n) is 6.67. The lowest BCUT2D eigenvalue weighted by atomic mass is 9.81. The number of phenolic OH excluding ortho intramolecular Hbond substituents is 1. The van der Waals surface area contributed by atoms with Gasteiger partial charge in [-0.05, 0) is 54.3 Å². The second-order valence-corrected chi connectivity index (χ2v) is 6.67. The van der Waals surface area contributed by atoms with Crippen LogP contribution in [0.25, 0.3) is 6.08 Å². The average Bonchev–Trinajstić information content (AvgIpc) is 2.60. The Hall–Kier alpha value is -2.75. The molecule has 0 aliphatic heterocycles. The molecule has 0 amide bonds. The molecule has 2 rings (SSSR count). The molecule has 3 N–H and O–H groups in total. The molecule has 0 aliphatic rings. The topological polar surface area (TPSA) is 72.6 Å². The smallest absolute Gasteiger partial charge is 0.185 e. The van der Waals surface area contributed by atoms with Gasteiger partial charge < -0.3 is 15.6 Å². The molecular weight excluding hydrogens is 314 g/mol. The highest BCUT2D eigenvalue weighted by Gasteiger charge is 2.23. The highest BCUT2D eigenvalue weighted by molar-refractivity contribution is 6.07. The van der Waals surface area contributed by atoms with Crippen LogP contribution in [0.3, 0.4) is 0 Å². The van der Waals surface area contributed by atoms with Crippen LogP contribution in [-0.2, 0) is 5.41 Å². The minimum Gasteiger partial charge on any atom is -0.508 e. The van der Waals surface area contributed by atoms with Crippen LogP contribution in [0, 0.1) is 0 Å². The molecule has 4 heteroatoms. The Morgan fingerprint density at radius 3 is 2.44 bits per heavy atom. The number of methoxy groups -OCH3 is 1. The molecule has 0 aliphatic carbocycles. The van der Waals surface area contributed by atoms with Crippen molar-refractivity contribution in [2.75, 3.05) is 12.8 Å². The number of ketones is 1. The Morgan fingerprint density at radius 1 is 1.24 bits per heavy atom. The summed E-state index contributed by atoms with van der Waals surface area (Å²) in [5, 5.41) is 10.3. The zero-order valence-corrected chi connectivity index (χ0v) is 15.2. The van der Waals surface area contributed by atoms with E-state index in [0.717, 1.165) is 17.5 Å². The van der Waals surface area contributed by atoms with Gasteiger partial charge >= 0.3 is 0 Å². The number of benzene rings is 2. The Kier molecular flexibility index (Phi) is 5.52. The third-order valence-corrected chi connectivity index (χ3v) is 4.57. The van der Waals surface area contributed by atoms with E-state index in [1.54, 1.807) is 43.5 Å². The summed E-state index contributed by atoms with van der Waals surface area (Å²) in [5.74, 6) is 0.603. The van der Waals surface area contributed by atoms with Crippen LogP contribution >= 0.6 is 0 Å². The number of anilines is 1. The number of ether oxygens (including phenoxy) is 1. The number of hydrogen-bond acceptors (Lipinski definition) is 4. The van der Waals surface area contributed by atoms with E-state index in [2.05, 4.69) is 20.8 Å². The number of carbonyl (C=O) groups excluding carboxylic acids is 1. The third kappa shape index (κ3) is 4.21. The minimum absolute atomic E-state index is 0.119. The number of nitrogens with two attached hydrogens (primary N) is 1. The zero-order chi connectivity index (χ0) is 18.6. The van der Waals surface area contributed by atoms with Crippen molar-refractivity contribution in [3.8, 4) is 11.5 Å². The van der Waals surface area contributed by atoms with Crippen molar-refractivity contribution in [2.45, 2.75) is 32.6 Å². The van der Waals surface area contributed by atoms with Crippen molar-refractivity contribution in [1.29, 1.82) is 0 Å². The quantitative estimate of drug-likeness (QED) is 0.459. The Bertz CT molecular complexity index is 790. The van der Waals surface area contributed by atoms with Crippen LogP contribution in [0.4, 0.5) is 5.69 Å². The number of phenols is 1. The van der Waals surface area contributed by atoms with E-state index < -0.39 is 0 Å². The molecule has 0 aromatic heterocycles. The predicted molar refractivity (Wildman–Crippen MR) is 102 cm³/mol. The normalized spacial score (nSPS) is 11.7. The average molecular weight is 339 g/mol. The first kappa shape index (κ1) is 18.6. The first-order valence-corrected chi connectivity index (χ1v) is 8.28. The van der Waals surface area contributed by atoms with E-state index in [-0.39, 0.29) is 16.9 Å². The van der Waals surface area contributed by atoms with Crippen molar-refractivity contribution in [1.82, 2.24) is 0 Å². The maximum Gasteiger partial charge on any atom is 0.185 e. The molecule has 2 aromatic carbocycles. The molecular formula is C21H25NO3. The van der Waals surface area contributed by atoms with Crippen LogP contribution in [0.5, 0.6) is 11.5 Å². The van der Waals surface area contributed by atoms with Crippen LogP contribution < -0.4 is 10.5 Å². The van der Waals surface area contributed by atoms with Crippen LogP contribution in [0.15, 0.2) is 42.5 Å². The summed E-state index contributed by atoms with van der Waals surface area (Å²) in [5.41, 5.74) is 8.23. The fourth-order valence-corrected chi connectivity index (χ4v) is 2.53. The van der Waals surface area contributed by atoms with Gasteiger partial charge in [0.05, 0.1) is 7.11 Å². The van der Waals surface area contributed by atoms with Crippen molar-refractivity contribution in [2.24, 2.45) is 0 Å². The molecule has 0 saturated carbocycles. The van der Waals surface area contributed by atoms with Gasteiger partial charge in [-0.15, -0.1) is 0 Å². The van der Waals surface area contributed by atoms with Gasteiger partial charge in [-0.1, -0.05) is 20.8 Å². The van der Waals surface area contributed by atoms with Crippen molar-refractivity contribution in [3.05, 3.63) is 59.2 Å². The summed E-state index contributed by atoms with van der Waals surface area (Å²) in [7, 11) is 1.54. The van der Waals surface area contributed by atoms with Gasteiger partial charge in [0.25, 0.3) is 0 Å². The maximum absolute atomic E-state index is 12.3. The molecule has 0 fully saturated rings. The lowest BCUT2D eigenvalue weighted by Gasteiger charge is -2.25. The molecule has 25 heavy (non-hydrogen) atoms. The lowest BCUT2D eigenvalue weighted by molar-refractivity contribution is 0.104. The van der Waals surface area contributed by atoms with Gasteiger partial charge in [0.2, 0.25) is 0 Å². The molecule has 132 valence electrons. The van der Waals surface area contributed by atoms with E-state index in [0.29, 0.717) is 17.0 Å². The van der Waals surface area contributed by atoms with Crippen LogP contribution in [-0.4, -0.2) is 18.0 Å². The van der Waals surface area contributed by atoms with E-state index in [1.165, 1.54) is 6.08 Å². The molecule has 4 nitrogen and oxygen atoms in total. The molecule has 0 saturated heterocycles.